The molecule has 2 fully saturated rings. The second-order valence-corrected chi connectivity index (χ2v) is 5.25. The number of nitrogens with zero attached hydrogens (tertiary/aromatic N) is 1. The summed E-state index contributed by atoms with van der Waals surface area (Å²) in [4.78, 5) is 2.42. The standard InChI is InChI=1S/C14H20N2O/c15-12-3-5-13(6-4-12)16-9-8-14(11-16)7-1-2-10-17-14/h3-6H,1-2,7-11,15H2. The Kier molecular flexibility index (Phi) is 2.71. The monoisotopic (exact) mass is 232 g/mol. The van der Waals surface area contributed by atoms with Crippen LogP contribution in [0.25, 0.3) is 0 Å². The predicted octanol–water partition coefficient (Wildman–Crippen LogP) is 2.42. The maximum Gasteiger partial charge on any atom is 0.0873 e. The Morgan fingerprint density at radius 3 is 2.65 bits per heavy atom. The van der Waals surface area contributed by atoms with Gasteiger partial charge >= 0.3 is 0 Å². The molecule has 1 aromatic rings. The van der Waals surface area contributed by atoms with E-state index >= 15 is 0 Å². The van der Waals surface area contributed by atoms with E-state index < -0.39 is 0 Å². The number of nitrogens with two attached hydrogens (primary N) is 1. The van der Waals surface area contributed by atoms with Crippen molar-refractivity contribution in [3.05, 3.63) is 24.3 Å². The van der Waals surface area contributed by atoms with Gasteiger partial charge in [-0.25, -0.2) is 0 Å². The molecule has 2 saturated heterocycles. The highest BCUT2D eigenvalue weighted by molar-refractivity contribution is 5.54. The van der Waals surface area contributed by atoms with E-state index in [0.29, 0.717) is 0 Å². The molecule has 3 nitrogen and oxygen atoms in total. The summed E-state index contributed by atoms with van der Waals surface area (Å²) in [5, 5.41) is 0. The lowest BCUT2D eigenvalue weighted by Gasteiger charge is -2.33. The fourth-order valence-corrected chi connectivity index (χ4v) is 2.98. The minimum Gasteiger partial charge on any atom is -0.399 e. The molecule has 0 amide bonds. The molecule has 2 aliphatic heterocycles. The fourth-order valence-electron chi connectivity index (χ4n) is 2.98. The molecule has 0 radical (unpaired) electrons. The Bertz CT molecular complexity index is 382. The number of hydrogen-bond donors (Lipinski definition) is 1. The number of nitrogen functional groups attached to an aromatic ring is 1. The van der Waals surface area contributed by atoms with Crippen LogP contribution in [0.2, 0.25) is 0 Å². The first-order valence-corrected chi connectivity index (χ1v) is 6.52. The van der Waals surface area contributed by atoms with Crippen LogP contribution >= 0.6 is 0 Å². The van der Waals surface area contributed by atoms with Crippen LogP contribution in [-0.4, -0.2) is 25.3 Å². The predicted molar refractivity (Wildman–Crippen MR) is 70.2 cm³/mol. The van der Waals surface area contributed by atoms with E-state index in [2.05, 4.69) is 17.0 Å². The maximum atomic E-state index is 6.04. The Labute approximate surface area is 103 Å². The van der Waals surface area contributed by atoms with Crippen molar-refractivity contribution in [1.29, 1.82) is 0 Å². The van der Waals surface area contributed by atoms with E-state index in [9.17, 15) is 0 Å². The van der Waals surface area contributed by atoms with E-state index in [1.807, 2.05) is 12.1 Å². The van der Waals surface area contributed by atoms with E-state index in [4.69, 9.17) is 10.5 Å². The van der Waals surface area contributed by atoms with E-state index in [1.165, 1.54) is 24.9 Å². The minimum atomic E-state index is 0.139. The molecule has 1 aromatic carbocycles. The molecular weight excluding hydrogens is 212 g/mol. The second kappa shape index (κ2) is 4.22. The zero-order valence-electron chi connectivity index (χ0n) is 10.2. The van der Waals surface area contributed by atoms with Crippen LogP contribution in [0.5, 0.6) is 0 Å². The number of rotatable bonds is 1. The second-order valence-electron chi connectivity index (χ2n) is 5.25. The van der Waals surface area contributed by atoms with Gasteiger partial charge in [-0.05, 0) is 49.9 Å². The topological polar surface area (TPSA) is 38.5 Å². The summed E-state index contributed by atoms with van der Waals surface area (Å²) in [6.07, 6.45) is 4.93. The summed E-state index contributed by atoms with van der Waals surface area (Å²) in [7, 11) is 0. The average Bonchev–Trinajstić information content (AvgIpc) is 2.75. The molecule has 0 aliphatic carbocycles. The average molecular weight is 232 g/mol. The van der Waals surface area contributed by atoms with E-state index in [0.717, 1.165) is 31.8 Å². The Morgan fingerprint density at radius 2 is 1.94 bits per heavy atom. The Balaban J connectivity index is 1.72. The van der Waals surface area contributed by atoms with Crippen molar-refractivity contribution in [3.8, 4) is 0 Å². The first-order valence-electron chi connectivity index (χ1n) is 6.52. The lowest BCUT2D eigenvalue weighted by atomic mass is 9.93. The van der Waals surface area contributed by atoms with Crippen molar-refractivity contribution in [3.63, 3.8) is 0 Å². The van der Waals surface area contributed by atoms with Gasteiger partial charge in [-0.2, -0.15) is 0 Å². The van der Waals surface area contributed by atoms with Gasteiger partial charge in [-0.15, -0.1) is 0 Å². The molecule has 0 saturated carbocycles. The summed E-state index contributed by atoms with van der Waals surface area (Å²) in [6, 6.07) is 8.17. The minimum absolute atomic E-state index is 0.139. The summed E-state index contributed by atoms with van der Waals surface area (Å²) in [5.74, 6) is 0. The van der Waals surface area contributed by atoms with Gasteiger partial charge in [0.1, 0.15) is 0 Å². The van der Waals surface area contributed by atoms with Crippen LogP contribution in [0.1, 0.15) is 25.7 Å². The normalized spacial score (nSPS) is 28.8. The molecule has 2 heterocycles. The third-order valence-electron chi connectivity index (χ3n) is 4.01. The summed E-state index contributed by atoms with van der Waals surface area (Å²) < 4.78 is 6.04. The van der Waals surface area contributed by atoms with Crippen molar-refractivity contribution in [2.45, 2.75) is 31.3 Å². The van der Waals surface area contributed by atoms with Gasteiger partial charge in [0.25, 0.3) is 0 Å². The smallest absolute Gasteiger partial charge is 0.0873 e. The van der Waals surface area contributed by atoms with Crippen LogP contribution in [0.15, 0.2) is 24.3 Å². The van der Waals surface area contributed by atoms with Gasteiger partial charge in [0.15, 0.2) is 0 Å². The summed E-state index contributed by atoms with van der Waals surface area (Å²) in [6.45, 7) is 3.08. The fraction of sp³-hybridized carbons (Fsp3) is 0.571. The molecule has 1 unspecified atom stereocenters. The molecular formula is C14H20N2O. The highest BCUT2D eigenvalue weighted by atomic mass is 16.5. The highest BCUT2D eigenvalue weighted by Gasteiger charge is 2.40. The molecule has 1 spiro atoms. The van der Waals surface area contributed by atoms with Gasteiger partial charge in [0.05, 0.1) is 5.60 Å². The zero-order valence-corrected chi connectivity index (χ0v) is 10.2. The number of anilines is 2. The molecule has 0 aromatic heterocycles. The molecule has 2 aliphatic rings. The Morgan fingerprint density at radius 1 is 1.12 bits per heavy atom. The first kappa shape index (κ1) is 10.9. The van der Waals surface area contributed by atoms with Gasteiger partial charge in [-0.3, -0.25) is 0 Å². The maximum absolute atomic E-state index is 6.04. The van der Waals surface area contributed by atoms with Crippen LogP contribution in [-0.2, 0) is 4.74 Å². The quantitative estimate of drug-likeness (QED) is 0.756. The molecule has 3 heteroatoms. The summed E-state index contributed by atoms with van der Waals surface area (Å²) >= 11 is 0. The van der Waals surface area contributed by atoms with Crippen LogP contribution < -0.4 is 10.6 Å². The SMILES string of the molecule is Nc1ccc(N2CCC3(CCCCO3)C2)cc1. The molecule has 3 rings (SSSR count). The van der Waals surface area contributed by atoms with E-state index in [-0.39, 0.29) is 5.60 Å². The molecule has 2 N–H and O–H groups in total. The Hall–Kier alpha value is -1.22. The number of ether oxygens (including phenoxy) is 1. The van der Waals surface area contributed by atoms with Gasteiger partial charge < -0.3 is 15.4 Å². The largest absolute Gasteiger partial charge is 0.399 e. The molecule has 1 atom stereocenters. The van der Waals surface area contributed by atoms with Crippen molar-refractivity contribution < 1.29 is 4.74 Å². The van der Waals surface area contributed by atoms with Crippen molar-refractivity contribution >= 4 is 11.4 Å². The molecule has 92 valence electrons. The van der Waals surface area contributed by atoms with Crippen LogP contribution in [0.3, 0.4) is 0 Å². The van der Waals surface area contributed by atoms with Crippen LogP contribution in [0, 0.1) is 0 Å². The highest BCUT2D eigenvalue weighted by Crippen LogP contribution is 2.36. The third kappa shape index (κ3) is 2.12. The molecule has 0 bridgehead atoms. The first-order chi connectivity index (χ1) is 8.27. The number of benzene rings is 1. The van der Waals surface area contributed by atoms with Crippen molar-refractivity contribution in [1.82, 2.24) is 0 Å². The molecule has 17 heavy (non-hydrogen) atoms. The van der Waals surface area contributed by atoms with Gasteiger partial charge in [0, 0.05) is 31.1 Å². The van der Waals surface area contributed by atoms with E-state index in [1.54, 1.807) is 0 Å². The van der Waals surface area contributed by atoms with Crippen LogP contribution in [0.4, 0.5) is 11.4 Å². The van der Waals surface area contributed by atoms with Gasteiger partial charge in [0.2, 0.25) is 0 Å². The lowest BCUT2D eigenvalue weighted by molar-refractivity contribution is -0.0621. The summed E-state index contributed by atoms with van der Waals surface area (Å²) in [5.41, 5.74) is 7.96. The van der Waals surface area contributed by atoms with Crippen molar-refractivity contribution in [2.24, 2.45) is 0 Å². The van der Waals surface area contributed by atoms with Gasteiger partial charge in [-0.1, -0.05) is 0 Å². The third-order valence-corrected chi connectivity index (χ3v) is 4.01. The lowest BCUT2D eigenvalue weighted by Crippen LogP contribution is -2.39. The number of hydrogen-bond acceptors (Lipinski definition) is 3. The zero-order chi connectivity index (χ0) is 11.7. The van der Waals surface area contributed by atoms with Crippen molar-refractivity contribution in [2.75, 3.05) is 30.3 Å².